The fourth-order valence-electron chi connectivity index (χ4n) is 2.96. The Hall–Kier alpha value is -2.95. The van der Waals surface area contributed by atoms with Crippen molar-refractivity contribution in [3.8, 4) is 0 Å². The standard InChI is InChI=1S/C19H17FN4/c1-2-13-7-9-14(10-8-13)17-11-18(15-5-3-4-6-16(15)20)24-19(23-17)21-12-22-24/h3-12,18H,2H2,1H3,(H,21,22,23). The number of allylic oxidation sites excluding steroid dienone is 1. The lowest BCUT2D eigenvalue weighted by molar-refractivity contribution is 0.551. The molecule has 0 fully saturated rings. The summed E-state index contributed by atoms with van der Waals surface area (Å²) < 4.78 is 16.0. The zero-order chi connectivity index (χ0) is 16.5. The molecule has 4 rings (SSSR count). The fraction of sp³-hybridized carbons (Fsp3) is 0.158. The molecule has 2 heterocycles. The van der Waals surface area contributed by atoms with Crippen LogP contribution in [-0.4, -0.2) is 14.8 Å². The van der Waals surface area contributed by atoms with E-state index in [-0.39, 0.29) is 11.9 Å². The van der Waals surface area contributed by atoms with Gasteiger partial charge in [0.2, 0.25) is 5.95 Å². The van der Waals surface area contributed by atoms with E-state index >= 15 is 0 Å². The molecule has 1 aromatic heterocycles. The lowest BCUT2D eigenvalue weighted by Gasteiger charge is -2.24. The maximum atomic E-state index is 14.3. The summed E-state index contributed by atoms with van der Waals surface area (Å²) in [6, 6.07) is 14.8. The predicted molar refractivity (Wildman–Crippen MR) is 92.0 cm³/mol. The van der Waals surface area contributed by atoms with E-state index in [9.17, 15) is 4.39 Å². The molecule has 120 valence electrons. The Bertz CT molecular complexity index is 896. The van der Waals surface area contributed by atoms with E-state index in [0.717, 1.165) is 17.7 Å². The molecule has 0 spiro atoms. The number of aryl methyl sites for hydroxylation is 1. The highest BCUT2D eigenvalue weighted by molar-refractivity contribution is 5.77. The predicted octanol–water partition coefficient (Wildman–Crippen LogP) is 4.04. The lowest BCUT2D eigenvalue weighted by atomic mass is 10.0. The molecule has 0 saturated heterocycles. The van der Waals surface area contributed by atoms with Gasteiger partial charge in [0.1, 0.15) is 18.2 Å². The Morgan fingerprint density at radius 1 is 1.12 bits per heavy atom. The Labute approximate surface area is 139 Å². The molecule has 4 nitrogen and oxygen atoms in total. The van der Waals surface area contributed by atoms with Crippen LogP contribution in [0.3, 0.4) is 0 Å². The van der Waals surface area contributed by atoms with Crippen molar-refractivity contribution in [1.82, 2.24) is 14.8 Å². The second-order valence-electron chi connectivity index (χ2n) is 5.75. The van der Waals surface area contributed by atoms with E-state index in [1.807, 2.05) is 12.1 Å². The summed E-state index contributed by atoms with van der Waals surface area (Å²) in [7, 11) is 0. The van der Waals surface area contributed by atoms with Crippen LogP contribution in [0.25, 0.3) is 5.70 Å². The first kappa shape index (κ1) is 14.6. The third-order valence-electron chi connectivity index (χ3n) is 4.30. The second-order valence-corrected chi connectivity index (χ2v) is 5.75. The molecule has 1 unspecified atom stereocenters. The number of anilines is 1. The van der Waals surface area contributed by atoms with Gasteiger partial charge in [-0.15, -0.1) is 0 Å². The van der Waals surface area contributed by atoms with Crippen molar-refractivity contribution in [3.63, 3.8) is 0 Å². The Morgan fingerprint density at radius 2 is 1.92 bits per heavy atom. The molecule has 1 aliphatic rings. The zero-order valence-corrected chi connectivity index (χ0v) is 13.3. The summed E-state index contributed by atoms with van der Waals surface area (Å²) in [4.78, 5) is 4.25. The Kier molecular flexibility index (Phi) is 3.61. The number of hydrogen-bond acceptors (Lipinski definition) is 3. The van der Waals surface area contributed by atoms with Gasteiger partial charge >= 0.3 is 0 Å². The zero-order valence-electron chi connectivity index (χ0n) is 13.3. The first-order valence-corrected chi connectivity index (χ1v) is 7.98. The smallest absolute Gasteiger partial charge is 0.226 e. The molecule has 0 radical (unpaired) electrons. The minimum absolute atomic E-state index is 0.247. The molecule has 2 aromatic carbocycles. The molecule has 1 atom stereocenters. The van der Waals surface area contributed by atoms with E-state index in [1.54, 1.807) is 16.8 Å². The lowest BCUT2D eigenvalue weighted by Crippen LogP contribution is -2.21. The second kappa shape index (κ2) is 5.92. The van der Waals surface area contributed by atoms with Gasteiger partial charge in [-0.05, 0) is 29.7 Å². The number of nitrogens with zero attached hydrogens (tertiary/aromatic N) is 3. The van der Waals surface area contributed by atoms with Crippen LogP contribution in [0.5, 0.6) is 0 Å². The maximum absolute atomic E-state index is 14.3. The molecule has 0 amide bonds. The van der Waals surface area contributed by atoms with Gasteiger partial charge < -0.3 is 5.32 Å². The van der Waals surface area contributed by atoms with Gasteiger partial charge in [-0.3, -0.25) is 0 Å². The van der Waals surface area contributed by atoms with Crippen molar-refractivity contribution >= 4 is 11.6 Å². The molecule has 5 heteroatoms. The minimum atomic E-state index is -0.328. The molecule has 0 bridgehead atoms. The van der Waals surface area contributed by atoms with Crippen molar-refractivity contribution < 1.29 is 4.39 Å². The first-order valence-electron chi connectivity index (χ1n) is 7.98. The molecule has 0 saturated carbocycles. The summed E-state index contributed by atoms with van der Waals surface area (Å²) in [6.45, 7) is 2.13. The molecular weight excluding hydrogens is 303 g/mol. The summed E-state index contributed by atoms with van der Waals surface area (Å²) >= 11 is 0. The van der Waals surface area contributed by atoms with Gasteiger partial charge in [0.25, 0.3) is 0 Å². The van der Waals surface area contributed by atoms with Crippen LogP contribution in [0.2, 0.25) is 0 Å². The number of hydrogen-bond donors (Lipinski definition) is 1. The van der Waals surface area contributed by atoms with Gasteiger partial charge in [0.05, 0.1) is 0 Å². The van der Waals surface area contributed by atoms with E-state index in [1.165, 1.54) is 18.0 Å². The summed E-state index contributed by atoms with van der Waals surface area (Å²) in [5.74, 6) is 0.364. The van der Waals surface area contributed by atoms with E-state index in [2.05, 4.69) is 46.6 Å². The Balaban J connectivity index is 1.80. The average Bonchev–Trinajstić information content (AvgIpc) is 3.10. The highest BCUT2D eigenvalue weighted by atomic mass is 19.1. The van der Waals surface area contributed by atoms with Crippen molar-refractivity contribution in [2.75, 3.05) is 5.32 Å². The SMILES string of the molecule is CCc1ccc(C2=CC(c3ccccc3F)n3ncnc3N2)cc1. The van der Waals surface area contributed by atoms with Gasteiger partial charge in [0, 0.05) is 11.3 Å². The fourth-order valence-corrected chi connectivity index (χ4v) is 2.96. The molecule has 3 aromatic rings. The van der Waals surface area contributed by atoms with Gasteiger partial charge in [-0.1, -0.05) is 49.4 Å². The number of fused-ring (bicyclic) bond motifs is 1. The molecule has 1 N–H and O–H groups in total. The van der Waals surface area contributed by atoms with Crippen molar-refractivity contribution in [2.24, 2.45) is 0 Å². The van der Waals surface area contributed by atoms with Crippen molar-refractivity contribution in [2.45, 2.75) is 19.4 Å². The molecule has 24 heavy (non-hydrogen) atoms. The van der Waals surface area contributed by atoms with Crippen LogP contribution in [0, 0.1) is 5.82 Å². The van der Waals surface area contributed by atoms with Gasteiger partial charge in [0.15, 0.2) is 0 Å². The average molecular weight is 320 g/mol. The van der Waals surface area contributed by atoms with Crippen molar-refractivity contribution in [1.29, 1.82) is 0 Å². The maximum Gasteiger partial charge on any atom is 0.226 e. The van der Waals surface area contributed by atoms with E-state index in [4.69, 9.17) is 0 Å². The topological polar surface area (TPSA) is 42.7 Å². The quantitative estimate of drug-likeness (QED) is 0.792. The largest absolute Gasteiger partial charge is 0.324 e. The van der Waals surface area contributed by atoms with Crippen molar-refractivity contribution in [3.05, 3.63) is 83.4 Å². The number of halogens is 1. The van der Waals surface area contributed by atoms with E-state index in [0.29, 0.717) is 11.5 Å². The van der Waals surface area contributed by atoms with Crippen LogP contribution in [0.1, 0.15) is 29.7 Å². The highest BCUT2D eigenvalue weighted by Gasteiger charge is 2.25. The van der Waals surface area contributed by atoms with Gasteiger partial charge in [-0.2, -0.15) is 10.1 Å². The molecule has 0 aliphatic carbocycles. The third kappa shape index (κ3) is 2.48. The summed E-state index contributed by atoms with van der Waals surface area (Å²) in [6.07, 6.45) is 4.47. The van der Waals surface area contributed by atoms with Crippen LogP contribution in [0.4, 0.5) is 10.3 Å². The Morgan fingerprint density at radius 3 is 2.67 bits per heavy atom. The molecular formula is C19H17FN4. The number of benzene rings is 2. The van der Waals surface area contributed by atoms with Crippen LogP contribution < -0.4 is 5.32 Å². The summed E-state index contributed by atoms with van der Waals surface area (Å²) in [5, 5.41) is 7.52. The monoisotopic (exact) mass is 320 g/mol. The van der Waals surface area contributed by atoms with Gasteiger partial charge in [-0.25, -0.2) is 9.07 Å². The third-order valence-corrected chi connectivity index (χ3v) is 4.30. The number of aromatic nitrogens is 3. The van der Waals surface area contributed by atoms with Crippen LogP contribution >= 0.6 is 0 Å². The highest BCUT2D eigenvalue weighted by Crippen LogP contribution is 2.32. The summed E-state index contributed by atoms with van der Waals surface area (Å²) in [5.41, 5.74) is 3.81. The molecule has 1 aliphatic heterocycles. The normalized spacial score (nSPS) is 16.2. The van der Waals surface area contributed by atoms with E-state index < -0.39 is 0 Å². The number of rotatable bonds is 3. The first-order chi connectivity index (χ1) is 11.8. The minimum Gasteiger partial charge on any atom is -0.324 e. The van der Waals surface area contributed by atoms with Crippen LogP contribution in [-0.2, 0) is 6.42 Å². The van der Waals surface area contributed by atoms with Crippen LogP contribution in [0.15, 0.2) is 60.9 Å². The number of nitrogens with one attached hydrogen (secondary N) is 1.